The van der Waals surface area contributed by atoms with Crippen molar-refractivity contribution in [2.24, 2.45) is 0 Å². The lowest BCUT2D eigenvalue weighted by Crippen LogP contribution is -2.31. The summed E-state index contributed by atoms with van der Waals surface area (Å²) in [5.41, 5.74) is 0. The van der Waals surface area contributed by atoms with Crippen molar-refractivity contribution in [2.75, 3.05) is 18.1 Å². The van der Waals surface area contributed by atoms with Gasteiger partial charge < -0.3 is 5.11 Å². The van der Waals surface area contributed by atoms with Crippen LogP contribution in [0.2, 0.25) is 0 Å². The zero-order valence-electron chi connectivity index (χ0n) is 8.42. The molecule has 1 heterocycles. The highest BCUT2D eigenvalue weighted by molar-refractivity contribution is 8.76. The van der Waals surface area contributed by atoms with Gasteiger partial charge in [0.15, 0.2) is 0 Å². The number of carboxylic acids is 1. The maximum atomic E-state index is 11.1. The molecule has 0 aromatic rings. The molecular formula is C9H11NO4S2. The van der Waals surface area contributed by atoms with Crippen LogP contribution in [-0.4, -0.2) is 45.8 Å². The van der Waals surface area contributed by atoms with Crippen molar-refractivity contribution in [3.8, 4) is 0 Å². The highest BCUT2D eigenvalue weighted by Crippen LogP contribution is 2.22. The molecule has 16 heavy (non-hydrogen) atoms. The molecule has 2 amide bonds. The molecule has 1 rings (SSSR count). The summed E-state index contributed by atoms with van der Waals surface area (Å²) in [4.78, 5) is 33.6. The Hall–Kier alpha value is -0.950. The van der Waals surface area contributed by atoms with Crippen LogP contribution in [0.15, 0.2) is 12.2 Å². The summed E-state index contributed by atoms with van der Waals surface area (Å²) in [5.74, 6) is -0.228. The molecule has 0 aromatic heterocycles. The number of imide groups is 1. The molecule has 5 nitrogen and oxygen atoms in total. The van der Waals surface area contributed by atoms with Gasteiger partial charge in [-0.05, 0) is 0 Å². The van der Waals surface area contributed by atoms with Crippen molar-refractivity contribution < 1.29 is 19.5 Å². The van der Waals surface area contributed by atoms with Gasteiger partial charge >= 0.3 is 5.97 Å². The molecule has 0 saturated carbocycles. The number of aliphatic carboxylic acids is 1. The monoisotopic (exact) mass is 261 g/mol. The van der Waals surface area contributed by atoms with Crippen molar-refractivity contribution in [2.45, 2.75) is 6.42 Å². The molecule has 0 atom stereocenters. The van der Waals surface area contributed by atoms with E-state index in [0.29, 0.717) is 18.1 Å². The third-order valence-corrected chi connectivity index (χ3v) is 4.17. The molecule has 0 radical (unpaired) electrons. The Kier molecular flexibility index (Phi) is 5.41. The Balaban J connectivity index is 2.05. The van der Waals surface area contributed by atoms with Crippen LogP contribution in [0.4, 0.5) is 0 Å². The largest absolute Gasteiger partial charge is 0.481 e. The van der Waals surface area contributed by atoms with Crippen LogP contribution in [0.5, 0.6) is 0 Å². The quantitative estimate of drug-likeness (QED) is 0.414. The molecule has 0 aliphatic carbocycles. The zero-order chi connectivity index (χ0) is 12.0. The standard InChI is InChI=1S/C9H11NO4S2/c11-7-1-2-8(12)10(7)4-6-16-15-5-3-9(13)14/h1-2H,3-6H2,(H,13,14). The van der Waals surface area contributed by atoms with Crippen molar-refractivity contribution in [1.29, 1.82) is 0 Å². The normalized spacial score (nSPS) is 14.9. The maximum absolute atomic E-state index is 11.1. The average Bonchev–Trinajstić information content (AvgIpc) is 2.53. The Morgan fingerprint density at radius 1 is 1.19 bits per heavy atom. The fourth-order valence-electron chi connectivity index (χ4n) is 1.03. The third kappa shape index (κ3) is 4.28. The van der Waals surface area contributed by atoms with E-state index in [9.17, 15) is 14.4 Å². The molecule has 0 unspecified atom stereocenters. The van der Waals surface area contributed by atoms with Gasteiger partial charge in [0.05, 0.1) is 6.42 Å². The van der Waals surface area contributed by atoms with Gasteiger partial charge in [0.1, 0.15) is 0 Å². The molecule has 88 valence electrons. The van der Waals surface area contributed by atoms with E-state index in [2.05, 4.69) is 0 Å². The molecule has 1 N–H and O–H groups in total. The Morgan fingerprint density at radius 2 is 1.75 bits per heavy atom. The average molecular weight is 261 g/mol. The predicted molar refractivity (Wildman–Crippen MR) is 63.0 cm³/mol. The SMILES string of the molecule is O=C(O)CCSSCCN1C(=O)C=CC1=O. The van der Waals surface area contributed by atoms with Crippen molar-refractivity contribution >= 4 is 39.4 Å². The Morgan fingerprint density at radius 3 is 2.31 bits per heavy atom. The number of amides is 2. The molecular weight excluding hydrogens is 250 g/mol. The minimum Gasteiger partial charge on any atom is -0.481 e. The molecule has 7 heteroatoms. The second kappa shape index (κ2) is 6.59. The predicted octanol–water partition coefficient (Wildman–Crippen LogP) is 0.768. The maximum Gasteiger partial charge on any atom is 0.304 e. The third-order valence-electron chi connectivity index (χ3n) is 1.78. The van der Waals surface area contributed by atoms with Gasteiger partial charge in [0.2, 0.25) is 0 Å². The van der Waals surface area contributed by atoms with Gasteiger partial charge in [0, 0.05) is 30.2 Å². The van der Waals surface area contributed by atoms with E-state index in [-0.39, 0.29) is 18.2 Å². The number of rotatable bonds is 7. The zero-order valence-corrected chi connectivity index (χ0v) is 10.1. The fourth-order valence-corrected chi connectivity index (χ4v) is 2.96. The van der Waals surface area contributed by atoms with Crippen LogP contribution in [0.1, 0.15) is 6.42 Å². The number of carbonyl (C=O) groups excluding carboxylic acids is 2. The van der Waals surface area contributed by atoms with Gasteiger partial charge in [-0.3, -0.25) is 19.3 Å². The van der Waals surface area contributed by atoms with Crippen LogP contribution >= 0.6 is 21.6 Å². The lowest BCUT2D eigenvalue weighted by atomic mass is 10.5. The summed E-state index contributed by atoms with van der Waals surface area (Å²) >= 11 is 0. The van der Waals surface area contributed by atoms with E-state index in [0.717, 1.165) is 0 Å². The molecule has 0 aromatic carbocycles. The number of hydrogen-bond donors (Lipinski definition) is 1. The molecule has 0 fully saturated rings. The van der Waals surface area contributed by atoms with Gasteiger partial charge in [-0.2, -0.15) is 0 Å². The Bertz CT molecular complexity index is 311. The number of carboxylic acid groups (broad SMARTS) is 1. The molecule has 0 saturated heterocycles. The van der Waals surface area contributed by atoms with Crippen LogP contribution in [0.3, 0.4) is 0 Å². The summed E-state index contributed by atoms with van der Waals surface area (Å²) in [5, 5.41) is 8.38. The van der Waals surface area contributed by atoms with Crippen molar-refractivity contribution in [3.05, 3.63) is 12.2 Å². The van der Waals surface area contributed by atoms with Gasteiger partial charge in [-0.25, -0.2) is 0 Å². The number of nitrogens with zero attached hydrogens (tertiary/aromatic N) is 1. The summed E-state index contributed by atoms with van der Waals surface area (Å²) in [6.07, 6.45) is 2.63. The number of carbonyl (C=O) groups is 3. The second-order valence-corrected chi connectivity index (χ2v) is 5.65. The lowest BCUT2D eigenvalue weighted by molar-refractivity contribution is -0.137. The van der Waals surface area contributed by atoms with Crippen molar-refractivity contribution in [1.82, 2.24) is 4.90 Å². The van der Waals surface area contributed by atoms with Crippen molar-refractivity contribution in [3.63, 3.8) is 0 Å². The first-order chi connectivity index (χ1) is 7.61. The first-order valence-corrected chi connectivity index (χ1v) is 7.10. The van der Waals surface area contributed by atoms with E-state index >= 15 is 0 Å². The minimum absolute atomic E-state index is 0.126. The van der Waals surface area contributed by atoms with E-state index in [1.165, 1.54) is 38.6 Å². The van der Waals surface area contributed by atoms with E-state index in [1.807, 2.05) is 0 Å². The van der Waals surface area contributed by atoms with E-state index in [1.54, 1.807) is 0 Å². The van der Waals surface area contributed by atoms with Crippen LogP contribution < -0.4 is 0 Å². The van der Waals surface area contributed by atoms with E-state index in [4.69, 9.17) is 5.11 Å². The minimum atomic E-state index is -0.817. The second-order valence-electron chi connectivity index (χ2n) is 2.95. The molecule has 1 aliphatic rings. The number of hydrogen-bond acceptors (Lipinski definition) is 5. The van der Waals surface area contributed by atoms with Crippen LogP contribution in [0.25, 0.3) is 0 Å². The molecule has 0 bridgehead atoms. The Labute approximate surface area is 101 Å². The topological polar surface area (TPSA) is 74.7 Å². The summed E-state index contributed by atoms with van der Waals surface area (Å²) in [6, 6.07) is 0. The van der Waals surface area contributed by atoms with Crippen LogP contribution in [-0.2, 0) is 14.4 Å². The highest BCUT2D eigenvalue weighted by Gasteiger charge is 2.22. The van der Waals surface area contributed by atoms with Gasteiger partial charge in [-0.15, -0.1) is 0 Å². The van der Waals surface area contributed by atoms with Crippen LogP contribution in [0, 0.1) is 0 Å². The fraction of sp³-hybridized carbons (Fsp3) is 0.444. The molecule has 1 aliphatic heterocycles. The van der Waals surface area contributed by atoms with Gasteiger partial charge in [-0.1, -0.05) is 21.6 Å². The summed E-state index contributed by atoms with van der Waals surface area (Å²) < 4.78 is 0. The summed E-state index contributed by atoms with van der Waals surface area (Å²) in [7, 11) is 2.90. The summed E-state index contributed by atoms with van der Waals surface area (Å²) in [6.45, 7) is 0.370. The first kappa shape index (κ1) is 13.1. The molecule has 0 spiro atoms. The van der Waals surface area contributed by atoms with Gasteiger partial charge in [0.25, 0.3) is 11.8 Å². The smallest absolute Gasteiger partial charge is 0.304 e. The lowest BCUT2D eigenvalue weighted by Gasteiger charge is -2.12. The highest BCUT2D eigenvalue weighted by atomic mass is 33.1. The van der Waals surface area contributed by atoms with E-state index < -0.39 is 5.97 Å². The first-order valence-electron chi connectivity index (χ1n) is 4.61.